The first-order valence-electron chi connectivity index (χ1n) is 9.81. The van der Waals surface area contributed by atoms with E-state index >= 15 is 4.39 Å². The predicted molar refractivity (Wildman–Crippen MR) is 117 cm³/mol. The number of carbonyl (C=O) groups excluding carboxylic acids is 2. The number of benzene rings is 1. The van der Waals surface area contributed by atoms with Crippen LogP contribution in [0.2, 0.25) is 0 Å². The van der Waals surface area contributed by atoms with E-state index in [0.29, 0.717) is 22.6 Å². The van der Waals surface area contributed by atoms with Crippen molar-refractivity contribution in [2.24, 2.45) is 0 Å². The fourth-order valence-electron chi connectivity index (χ4n) is 3.68. The summed E-state index contributed by atoms with van der Waals surface area (Å²) in [4.78, 5) is 32.2. The molecule has 0 unspecified atom stereocenters. The highest BCUT2D eigenvalue weighted by atomic mass is 32.2. The minimum atomic E-state index is -0.451. The first-order chi connectivity index (χ1) is 15.0. The van der Waals surface area contributed by atoms with Crippen LogP contribution in [0.15, 0.2) is 41.4 Å². The Morgan fingerprint density at radius 1 is 1.13 bits per heavy atom. The van der Waals surface area contributed by atoms with Crippen molar-refractivity contribution in [2.45, 2.75) is 0 Å². The fraction of sp³-hybridized carbons (Fsp3) is 0.238. The van der Waals surface area contributed by atoms with Gasteiger partial charge in [0.25, 0.3) is 11.1 Å². The number of fused-ring (bicyclic) bond motifs is 1. The van der Waals surface area contributed by atoms with Crippen LogP contribution < -0.4 is 10.2 Å². The summed E-state index contributed by atoms with van der Waals surface area (Å²) in [6.07, 6.45) is 3.11. The number of amides is 2. The third-order valence-corrected chi connectivity index (χ3v) is 6.21. The van der Waals surface area contributed by atoms with Crippen LogP contribution in [0.5, 0.6) is 0 Å². The maximum Gasteiger partial charge on any atom is 0.290 e. The number of anilines is 1. The lowest BCUT2D eigenvalue weighted by Gasteiger charge is -2.34. The van der Waals surface area contributed by atoms with E-state index in [1.54, 1.807) is 35.0 Å². The van der Waals surface area contributed by atoms with Gasteiger partial charge in [-0.25, -0.2) is 13.9 Å². The smallest absolute Gasteiger partial charge is 0.290 e. The summed E-state index contributed by atoms with van der Waals surface area (Å²) in [5.41, 5.74) is 2.78. The Labute approximate surface area is 181 Å². The predicted octanol–water partition coefficient (Wildman–Crippen LogP) is 2.61. The van der Waals surface area contributed by atoms with Crippen molar-refractivity contribution < 1.29 is 14.0 Å². The molecule has 2 fully saturated rings. The monoisotopic (exact) mass is 438 g/mol. The van der Waals surface area contributed by atoms with E-state index in [1.165, 1.54) is 6.08 Å². The number of halogens is 1. The van der Waals surface area contributed by atoms with Crippen molar-refractivity contribution >= 4 is 40.3 Å². The van der Waals surface area contributed by atoms with Gasteiger partial charge in [0.2, 0.25) is 0 Å². The first kappa shape index (κ1) is 19.7. The lowest BCUT2D eigenvalue weighted by molar-refractivity contribution is -0.115. The van der Waals surface area contributed by atoms with Gasteiger partial charge in [0.05, 0.1) is 22.5 Å². The lowest BCUT2D eigenvalue weighted by Crippen LogP contribution is -2.44. The van der Waals surface area contributed by atoms with E-state index in [0.717, 1.165) is 43.6 Å². The Bertz CT molecular complexity index is 1230. The molecule has 0 spiro atoms. The van der Waals surface area contributed by atoms with E-state index in [9.17, 15) is 9.59 Å². The molecule has 2 aromatic heterocycles. The summed E-state index contributed by atoms with van der Waals surface area (Å²) in [6, 6.07) is 8.65. The van der Waals surface area contributed by atoms with E-state index in [-0.39, 0.29) is 10.7 Å². The Morgan fingerprint density at radius 3 is 2.65 bits per heavy atom. The van der Waals surface area contributed by atoms with Crippen molar-refractivity contribution in [3.05, 3.63) is 52.9 Å². The molecular weight excluding hydrogens is 419 g/mol. The molecular formula is C21H19FN6O2S. The Balaban J connectivity index is 1.48. The van der Waals surface area contributed by atoms with E-state index in [2.05, 4.69) is 32.2 Å². The largest absolute Gasteiger partial charge is 0.369 e. The van der Waals surface area contributed by atoms with Crippen molar-refractivity contribution in [3.8, 4) is 11.3 Å². The highest BCUT2D eigenvalue weighted by molar-refractivity contribution is 8.18. The molecule has 5 rings (SSSR count). The average Bonchev–Trinajstić information content (AvgIpc) is 3.30. The van der Waals surface area contributed by atoms with E-state index in [1.807, 2.05) is 6.07 Å². The maximum atomic E-state index is 15.1. The van der Waals surface area contributed by atoms with Crippen LogP contribution in [0, 0.1) is 5.82 Å². The standard InChI is InChI=1S/C21H19FN6O2S/c1-26-6-8-27(9-7-26)14-3-4-15(16(22)11-14)17-12-23-19-5-2-13(25-28(17)19)10-18-20(29)24-21(30)31-18/h2-5,10-12H,6-9H2,1H3,(H,24,29,30). The van der Waals surface area contributed by atoms with Crippen molar-refractivity contribution in [3.63, 3.8) is 0 Å². The second-order valence-corrected chi connectivity index (χ2v) is 8.49. The molecule has 1 N–H and O–H groups in total. The van der Waals surface area contributed by atoms with Gasteiger partial charge in [0.1, 0.15) is 5.82 Å². The summed E-state index contributed by atoms with van der Waals surface area (Å²) in [7, 11) is 2.08. The molecule has 0 saturated carbocycles. The molecule has 2 aliphatic heterocycles. The third-order valence-electron chi connectivity index (χ3n) is 5.40. The van der Waals surface area contributed by atoms with Crippen LogP contribution in [0.25, 0.3) is 23.0 Å². The number of imide groups is 1. The Kier molecular flexibility index (Phi) is 4.95. The molecule has 3 aromatic rings. The second-order valence-electron chi connectivity index (χ2n) is 7.48. The Hall–Kier alpha value is -3.24. The van der Waals surface area contributed by atoms with Crippen LogP contribution in [0.4, 0.5) is 14.9 Å². The van der Waals surface area contributed by atoms with Gasteiger partial charge < -0.3 is 9.80 Å². The summed E-state index contributed by atoms with van der Waals surface area (Å²) >= 11 is 0.823. The molecule has 1 aromatic carbocycles. The number of carbonyl (C=O) groups is 2. The van der Waals surface area contributed by atoms with Crippen LogP contribution in [-0.2, 0) is 4.79 Å². The first-order valence-corrected chi connectivity index (χ1v) is 10.6. The molecule has 31 heavy (non-hydrogen) atoms. The van der Waals surface area contributed by atoms with Crippen LogP contribution in [0.3, 0.4) is 0 Å². The molecule has 4 heterocycles. The molecule has 10 heteroatoms. The van der Waals surface area contributed by atoms with Gasteiger partial charge in [0.15, 0.2) is 5.65 Å². The number of thioether (sulfide) groups is 1. The molecule has 8 nitrogen and oxygen atoms in total. The normalized spacial score (nSPS) is 18.9. The molecule has 2 amide bonds. The van der Waals surface area contributed by atoms with Gasteiger partial charge in [-0.15, -0.1) is 0 Å². The molecule has 2 saturated heterocycles. The van der Waals surface area contributed by atoms with Crippen LogP contribution in [-0.4, -0.2) is 63.9 Å². The Morgan fingerprint density at radius 2 is 1.94 bits per heavy atom. The zero-order chi connectivity index (χ0) is 21.5. The number of aromatic nitrogens is 3. The number of hydrogen-bond acceptors (Lipinski definition) is 7. The molecule has 158 valence electrons. The van der Waals surface area contributed by atoms with E-state index in [4.69, 9.17) is 0 Å². The molecule has 0 aliphatic carbocycles. The van der Waals surface area contributed by atoms with Gasteiger partial charge in [-0.2, -0.15) is 5.10 Å². The van der Waals surface area contributed by atoms with Gasteiger partial charge in [-0.05, 0) is 55.2 Å². The number of nitrogens with one attached hydrogen (secondary N) is 1. The number of hydrogen-bond donors (Lipinski definition) is 1. The topological polar surface area (TPSA) is 82.8 Å². The quantitative estimate of drug-likeness (QED) is 0.630. The maximum absolute atomic E-state index is 15.1. The van der Waals surface area contributed by atoms with E-state index < -0.39 is 11.1 Å². The van der Waals surface area contributed by atoms with Gasteiger partial charge >= 0.3 is 0 Å². The molecule has 0 atom stereocenters. The van der Waals surface area contributed by atoms with Crippen LogP contribution >= 0.6 is 11.8 Å². The number of rotatable bonds is 3. The second kappa shape index (κ2) is 7.78. The summed E-state index contributed by atoms with van der Waals surface area (Å²) in [6.45, 7) is 3.61. The average molecular weight is 438 g/mol. The van der Waals surface area contributed by atoms with Gasteiger partial charge in [0, 0.05) is 37.4 Å². The number of nitrogens with zero attached hydrogens (tertiary/aromatic N) is 5. The zero-order valence-corrected chi connectivity index (χ0v) is 17.5. The van der Waals surface area contributed by atoms with Crippen molar-refractivity contribution in [1.82, 2.24) is 24.8 Å². The van der Waals surface area contributed by atoms with Crippen LogP contribution in [0.1, 0.15) is 5.69 Å². The van der Waals surface area contributed by atoms with Crippen molar-refractivity contribution in [1.29, 1.82) is 0 Å². The zero-order valence-electron chi connectivity index (χ0n) is 16.7. The summed E-state index contributed by atoms with van der Waals surface area (Å²) in [5, 5.41) is 6.29. The minimum absolute atomic E-state index is 0.265. The third kappa shape index (κ3) is 3.79. The fourth-order valence-corrected chi connectivity index (χ4v) is 4.34. The van der Waals surface area contributed by atoms with Gasteiger partial charge in [-0.3, -0.25) is 14.9 Å². The number of imidazole rings is 1. The lowest BCUT2D eigenvalue weighted by atomic mass is 10.1. The van der Waals surface area contributed by atoms with Crippen molar-refractivity contribution in [2.75, 3.05) is 38.1 Å². The molecule has 2 aliphatic rings. The van der Waals surface area contributed by atoms with Gasteiger partial charge in [-0.1, -0.05) is 0 Å². The molecule has 0 bridgehead atoms. The minimum Gasteiger partial charge on any atom is -0.369 e. The number of piperazine rings is 1. The summed E-state index contributed by atoms with van der Waals surface area (Å²) in [5.74, 6) is -0.798. The highest BCUT2D eigenvalue weighted by Gasteiger charge is 2.25. The molecule has 0 radical (unpaired) electrons. The SMILES string of the molecule is CN1CCN(c2ccc(-c3cnc4ccc(C=C5SC(=O)NC5=O)nn34)c(F)c2)CC1. The highest BCUT2D eigenvalue weighted by Crippen LogP contribution is 2.29. The summed E-state index contributed by atoms with van der Waals surface area (Å²) < 4.78 is 16.6. The number of likely N-dealkylation sites (N-methyl/N-ethyl adjacent to an activating group) is 1.